The summed E-state index contributed by atoms with van der Waals surface area (Å²) < 4.78 is 18.9. The van der Waals surface area contributed by atoms with Crippen LogP contribution in [-0.4, -0.2) is 83.2 Å². The van der Waals surface area contributed by atoms with Crippen molar-refractivity contribution >= 4 is 44.5 Å². The highest BCUT2D eigenvalue weighted by Gasteiger charge is 2.58. The molecule has 2 aliphatic heterocycles. The Morgan fingerprint density at radius 2 is 1.81 bits per heavy atom. The Bertz CT molecular complexity index is 2100. The second-order valence-electron chi connectivity index (χ2n) is 13.8. The highest BCUT2D eigenvalue weighted by atomic mass is 32.2. The summed E-state index contributed by atoms with van der Waals surface area (Å²) in [6, 6.07) is 6.18. The maximum atomic E-state index is 14.5. The van der Waals surface area contributed by atoms with Gasteiger partial charge in [0, 0.05) is 59.8 Å². The SMILES string of the molecule is CC(C)n1cc(-c2[nH]c3ncc4c(c3c2-c2ccc3c(cnn3C)c2)C2(CCCN(S(=O)C3(C)CC3)CC2)C(=O)N4C(O)(O)O)cn1. The number of H-pyrrole nitrogens is 1. The van der Waals surface area contributed by atoms with Crippen LogP contribution in [0, 0.1) is 0 Å². The number of aryl methyl sites for hydroxylation is 1. The Labute approximate surface area is 273 Å². The third-order valence-electron chi connectivity index (χ3n) is 10.3. The fourth-order valence-electron chi connectivity index (χ4n) is 7.50. The number of nitrogens with one attached hydrogen (secondary N) is 1. The minimum absolute atomic E-state index is 0.129. The zero-order valence-electron chi connectivity index (χ0n) is 26.8. The van der Waals surface area contributed by atoms with Gasteiger partial charge in [0.05, 0.1) is 45.7 Å². The molecule has 1 spiro atoms. The minimum Gasteiger partial charge on any atom is -0.339 e. The minimum atomic E-state index is -3.45. The van der Waals surface area contributed by atoms with Gasteiger partial charge in [-0.05, 0) is 70.6 Å². The van der Waals surface area contributed by atoms with Crippen molar-refractivity contribution in [3.8, 4) is 22.4 Å². The van der Waals surface area contributed by atoms with Gasteiger partial charge in [-0.2, -0.15) is 10.2 Å². The van der Waals surface area contributed by atoms with Gasteiger partial charge >= 0.3 is 6.10 Å². The molecule has 1 saturated carbocycles. The number of benzene rings is 1. The molecule has 2 atom stereocenters. The zero-order chi connectivity index (χ0) is 33.0. The average molecular weight is 659 g/mol. The van der Waals surface area contributed by atoms with Gasteiger partial charge in [0.15, 0.2) is 0 Å². The highest BCUT2D eigenvalue weighted by Crippen LogP contribution is 2.55. The summed E-state index contributed by atoms with van der Waals surface area (Å²) in [5.41, 5.74) is 4.13. The number of amides is 1. The van der Waals surface area contributed by atoms with Crippen molar-refractivity contribution in [1.82, 2.24) is 33.8 Å². The van der Waals surface area contributed by atoms with Gasteiger partial charge in [-0.3, -0.25) is 14.2 Å². The van der Waals surface area contributed by atoms with Crippen LogP contribution in [0.15, 0.2) is 43.0 Å². The predicted molar refractivity (Wildman–Crippen MR) is 177 cm³/mol. The molecule has 1 saturated heterocycles. The summed E-state index contributed by atoms with van der Waals surface area (Å²) in [6.07, 6.45) is 6.51. The molecule has 1 aliphatic carbocycles. The molecule has 3 aliphatic rings. The van der Waals surface area contributed by atoms with Crippen molar-refractivity contribution in [2.45, 2.75) is 75.2 Å². The van der Waals surface area contributed by atoms with Crippen molar-refractivity contribution in [3.63, 3.8) is 0 Å². The highest BCUT2D eigenvalue weighted by molar-refractivity contribution is 7.84. The Hall–Kier alpha value is -3.95. The van der Waals surface area contributed by atoms with Crippen molar-refractivity contribution in [3.05, 3.63) is 48.5 Å². The molecule has 1 aromatic carbocycles. The molecule has 13 nitrogen and oxygen atoms in total. The van der Waals surface area contributed by atoms with E-state index in [1.807, 2.05) is 47.4 Å². The van der Waals surface area contributed by atoms with Gasteiger partial charge < -0.3 is 20.3 Å². The molecule has 4 N–H and O–H groups in total. The molecule has 246 valence electrons. The quantitative estimate of drug-likeness (QED) is 0.202. The van der Waals surface area contributed by atoms with E-state index >= 15 is 0 Å². The van der Waals surface area contributed by atoms with E-state index in [1.165, 1.54) is 6.20 Å². The normalized spacial score (nSPS) is 22.1. The molecular formula is C33H38N8O5S. The first-order chi connectivity index (χ1) is 22.3. The Balaban J connectivity index is 1.40. The summed E-state index contributed by atoms with van der Waals surface area (Å²) in [5.74, 6) is -0.622. The lowest BCUT2D eigenvalue weighted by Gasteiger charge is -2.31. The van der Waals surface area contributed by atoms with E-state index in [2.05, 4.69) is 29.0 Å². The summed E-state index contributed by atoms with van der Waals surface area (Å²) in [6.45, 7) is 7.04. The number of rotatable bonds is 6. The van der Waals surface area contributed by atoms with Crippen molar-refractivity contribution in [2.75, 3.05) is 18.0 Å². The summed E-state index contributed by atoms with van der Waals surface area (Å²) in [5, 5.41) is 42.4. The van der Waals surface area contributed by atoms with Crippen LogP contribution < -0.4 is 4.90 Å². The van der Waals surface area contributed by atoms with Crippen molar-refractivity contribution in [1.29, 1.82) is 0 Å². The Kier molecular flexibility index (Phi) is 6.64. The van der Waals surface area contributed by atoms with Gasteiger partial charge in [-0.1, -0.05) is 6.07 Å². The lowest BCUT2D eigenvalue weighted by Crippen LogP contribution is -2.54. The second-order valence-corrected chi connectivity index (χ2v) is 15.8. The van der Waals surface area contributed by atoms with Crippen molar-refractivity contribution < 1.29 is 24.3 Å². The Morgan fingerprint density at radius 1 is 1.02 bits per heavy atom. The van der Waals surface area contributed by atoms with Gasteiger partial charge in [-0.15, -0.1) is 0 Å². The largest absolute Gasteiger partial charge is 0.376 e. The van der Waals surface area contributed by atoms with Crippen LogP contribution in [0.25, 0.3) is 44.3 Å². The van der Waals surface area contributed by atoms with E-state index in [0.29, 0.717) is 47.4 Å². The molecule has 8 rings (SSSR count). The van der Waals surface area contributed by atoms with Gasteiger partial charge in [0.25, 0.3) is 0 Å². The topological polar surface area (TPSA) is 166 Å². The number of aromatic nitrogens is 6. The molecule has 0 radical (unpaired) electrons. The number of nitrogens with zero attached hydrogens (tertiary/aromatic N) is 7. The molecule has 2 fully saturated rings. The third-order valence-corrected chi connectivity index (χ3v) is 12.4. The number of hydrogen-bond donors (Lipinski definition) is 4. The second kappa shape index (κ2) is 10.3. The van der Waals surface area contributed by atoms with Crippen LogP contribution in [0.1, 0.15) is 64.5 Å². The van der Waals surface area contributed by atoms with Crippen LogP contribution >= 0.6 is 0 Å². The van der Waals surface area contributed by atoms with Crippen LogP contribution in [0.2, 0.25) is 0 Å². The number of aromatic amines is 1. The fraction of sp³-hybridized carbons (Fsp3) is 0.455. The predicted octanol–water partition coefficient (Wildman–Crippen LogP) is 3.44. The number of aliphatic hydroxyl groups is 3. The standard InChI is InChI=1S/C33H38N8O5S/c1-19(2)40-18-22(16-36-40)28-25(20-6-7-23-21(14-20)15-35-38(23)4)26-27-24(17-34-29(26)37-28)41(33(43,44)45)30(42)32(27)8-5-12-39(13-11-32)47(46)31(3)9-10-31/h6-7,14-19,43-45H,5,8-13H2,1-4H3,(H,34,37). The van der Waals surface area contributed by atoms with Crippen LogP contribution in [-0.2, 0) is 28.2 Å². The van der Waals surface area contributed by atoms with Crippen LogP contribution in [0.5, 0.6) is 0 Å². The summed E-state index contributed by atoms with van der Waals surface area (Å²) in [7, 11) is 0.680. The number of fused-ring (bicyclic) bond motifs is 5. The number of pyridine rings is 1. The molecule has 6 heterocycles. The van der Waals surface area contributed by atoms with Crippen LogP contribution in [0.3, 0.4) is 0 Å². The molecule has 14 heteroatoms. The van der Waals surface area contributed by atoms with E-state index in [0.717, 1.165) is 46.1 Å². The number of anilines is 1. The molecule has 2 unspecified atom stereocenters. The molecule has 5 aromatic rings. The van der Waals surface area contributed by atoms with Gasteiger partial charge in [-0.25, -0.2) is 18.4 Å². The number of carbonyl (C=O) groups excluding carboxylic acids is 1. The molecule has 4 aromatic heterocycles. The molecular weight excluding hydrogens is 620 g/mol. The maximum Gasteiger partial charge on any atom is 0.376 e. The maximum absolute atomic E-state index is 14.5. The number of hydrogen-bond acceptors (Lipinski definition) is 8. The summed E-state index contributed by atoms with van der Waals surface area (Å²) in [4.78, 5) is 23.4. The summed E-state index contributed by atoms with van der Waals surface area (Å²) >= 11 is 0. The van der Waals surface area contributed by atoms with E-state index in [-0.39, 0.29) is 22.9 Å². The lowest BCUT2D eigenvalue weighted by atomic mass is 9.74. The average Bonchev–Trinajstić information content (AvgIpc) is 3.30. The first-order valence-corrected chi connectivity index (χ1v) is 17.1. The lowest BCUT2D eigenvalue weighted by molar-refractivity contribution is -0.306. The van der Waals surface area contributed by atoms with E-state index in [1.54, 1.807) is 17.1 Å². The first-order valence-electron chi connectivity index (χ1n) is 16.0. The van der Waals surface area contributed by atoms with E-state index < -0.39 is 28.4 Å². The monoisotopic (exact) mass is 658 g/mol. The smallest absolute Gasteiger partial charge is 0.339 e. The van der Waals surface area contributed by atoms with E-state index in [4.69, 9.17) is 4.98 Å². The molecule has 0 bridgehead atoms. The Morgan fingerprint density at radius 3 is 2.51 bits per heavy atom. The van der Waals surface area contributed by atoms with E-state index in [9.17, 15) is 24.3 Å². The van der Waals surface area contributed by atoms with Crippen molar-refractivity contribution in [2.24, 2.45) is 7.05 Å². The zero-order valence-corrected chi connectivity index (χ0v) is 27.6. The van der Waals surface area contributed by atoms with Gasteiger partial charge in [0.1, 0.15) is 16.6 Å². The first kappa shape index (κ1) is 30.4. The van der Waals surface area contributed by atoms with Gasteiger partial charge in [0.2, 0.25) is 5.91 Å². The molecule has 47 heavy (non-hydrogen) atoms. The van der Waals surface area contributed by atoms with Crippen LogP contribution in [0.4, 0.5) is 5.69 Å². The molecule has 1 amide bonds. The fourth-order valence-corrected chi connectivity index (χ4v) is 9.13. The number of carbonyl (C=O) groups is 1. The third kappa shape index (κ3) is 4.53.